The van der Waals surface area contributed by atoms with Crippen LogP contribution in [0.25, 0.3) is 11.1 Å². The van der Waals surface area contributed by atoms with E-state index in [0.29, 0.717) is 27.4 Å². The van der Waals surface area contributed by atoms with Crippen LogP contribution in [0.5, 0.6) is 0 Å². The van der Waals surface area contributed by atoms with Gasteiger partial charge in [0.2, 0.25) is 5.91 Å². The molecule has 1 aliphatic heterocycles. The van der Waals surface area contributed by atoms with Crippen LogP contribution >= 0.6 is 23.2 Å². The molecule has 3 rings (SSSR count). The van der Waals surface area contributed by atoms with E-state index in [4.69, 9.17) is 34.2 Å². The topological polar surface area (TPSA) is 116 Å². The maximum Gasteiger partial charge on any atom is 0.326 e. The number of hydrogen-bond acceptors (Lipinski definition) is 4. The fourth-order valence-corrected chi connectivity index (χ4v) is 3.87. The third-order valence-electron chi connectivity index (χ3n) is 4.47. The molecule has 0 aromatic heterocycles. The molecule has 142 valence electrons. The first-order chi connectivity index (χ1) is 13.3. The number of nitrogens with zero attached hydrogens (tertiary/aromatic N) is 1. The first-order valence-electron chi connectivity index (χ1n) is 8.29. The van der Waals surface area contributed by atoms with E-state index in [1.165, 1.54) is 6.07 Å². The summed E-state index contributed by atoms with van der Waals surface area (Å²) in [5.41, 5.74) is 8.52. The lowest BCUT2D eigenvalue weighted by molar-refractivity contribution is -0.137. The molecule has 8 heteroatoms. The maximum absolute atomic E-state index is 12.3. The molecule has 2 aromatic carbocycles. The van der Waals surface area contributed by atoms with Crippen LogP contribution < -0.4 is 11.1 Å². The minimum Gasteiger partial charge on any atom is -0.480 e. The van der Waals surface area contributed by atoms with Crippen LogP contribution in [-0.4, -0.2) is 23.0 Å². The number of hydrogen-bond donors (Lipinski definition) is 3. The summed E-state index contributed by atoms with van der Waals surface area (Å²) < 4.78 is 0. The van der Waals surface area contributed by atoms with E-state index in [2.05, 4.69) is 11.4 Å². The molecule has 0 aliphatic carbocycles. The highest BCUT2D eigenvalue weighted by atomic mass is 35.5. The Labute approximate surface area is 171 Å². The zero-order valence-corrected chi connectivity index (χ0v) is 16.0. The van der Waals surface area contributed by atoms with E-state index in [-0.39, 0.29) is 23.4 Å². The zero-order chi connectivity index (χ0) is 20.4. The number of halogens is 2. The number of nitrogens with two attached hydrogens (primary N) is 1. The number of nitrogens with one attached hydrogen (secondary N) is 1. The number of nitriles is 1. The molecule has 28 heavy (non-hydrogen) atoms. The highest BCUT2D eigenvalue weighted by Crippen LogP contribution is 2.43. The van der Waals surface area contributed by atoms with Gasteiger partial charge in [-0.2, -0.15) is 5.26 Å². The SMILES string of the molecule is N#CCc1ccc(/C(C(N)=O)=C2\CC(C(=O)O)Nc3cc(Cl)cc(Cl)c32)cc1. The molecular weight excluding hydrogens is 401 g/mol. The van der Waals surface area contributed by atoms with E-state index in [9.17, 15) is 14.7 Å². The predicted molar refractivity (Wildman–Crippen MR) is 108 cm³/mol. The number of anilines is 1. The molecule has 0 saturated heterocycles. The van der Waals surface area contributed by atoms with Crippen LogP contribution in [-0.2, 0) is 16.0 Å². The standard InChI is InChI=1S/C20H15Cl2N3O3/c21-12-7-14(22)18-13(9-16(20(27)28)25-15(18)8-12)17(19(24)26)11-3-1-10(2-4-11)5-6-23/h1-4,7-8,16,25H,5,9H2,(H2,24,26)(H,27,28)/b17-13-. The molecule has 0 fully saturated rings. The number of benzene rings is 2. The third-order valence-corrected chi connectivity index (χ3v) is 4.98. The molecule has 0 spiro atoms. The van der Waals surface area contributed by atoms with Gasteiger partial charge in [0.15, 0.2) is 0 Å². The van der Waals surface area contributed by atoms with Crippen LogP contribution in [0.1, 0.15) is 23.1 Å². The van der Waals surface area contributed by atoms with Crippen LogP contribution in [0, 0.1) is 11.3 Å². The third kappa shape index (κ3) is 3.81. The number of rotatable bonds is 4. The van der Waals surface area contributed by atoms with Crippen molar-refractivity contribution in [3.05, 3.63) is 63.1 Å². The van der Waals surface area contributed by atoms with Crippen molar-refractivity contribution in [2.75, 3.05) is 5.32 Å². The summed E-state index contributed by atoms with van der Waals surface area (Å²) in [4.78, 5) is 24.0. The molecule has 0 bridgehead atoms. The number of aliphatic carboxylic acids is 1. The Kier molecular flexibility index (Phi) is 5.59. The second-order valence-electron chi connectivity index (χ2n) is 6.30. The van der Waals surface area contributed by atoms with Gasteiger partial charge in [0, 0.05) is 22.7 Å². The molecule has 1 atom stereocenters. The van der Waals surface area contributed by atoms with Gasteiger partial charge in [0.05, 0.1) is 23.1 Å². The first kappa shape index (κ1) is 19.7. The van der Waals surface area contributed by atoms with Gasteiger partial charge in [0.25, 0.3) is 0 Å². The number of carboxylic acid groups (broad SMARTS) is 1. The zero-order valence-electron chi connectivity index (χ0n) is 14.5. The van der Waals surface area contributed by atoms with E-state index < -0.39 is 17.9 Å². The molecule has 2 aromatic rings. The summed E-state index contributed by atoms with van der Waals surface area (Å²) in [7, 11) is 0. The van der Waals surface area contributed by atoms with Gasteiger partial charge in [-0.25, -0.2) is 4.79 Å². The fourth-order valence-electron chi connectivity index (χ4n) is 3.26. The van der Waals surface area contributed by atoms with Crippen molar-refractivity contribution >= 4 is 51.9 Å². The Balaban J connectivity index is 2.26. The number of carbonyl (C=O) groups is 2. The van der Waals surface area contributed by atoms with Crippen molar-refractivity contribution < 1.29 is 14.7 Å². The van der Waals surface area contributed by atoms with E-state index in [1.807, 2.05) is 0 Å². The fraction of sp³-hybridized carbons (Fsp3) is 0.150. The molecule has 1 heterocycles. The average Bonchev–Trinajstić information content (AvgIpc) is 2.62. The van der Waals surface area contributed by atoms with Crippen molar-refractivity contribution in [3.8, 4) is 6.07 Å². The summed E-state index contributed by atoms with van der Waals surface area (Å²) in [5, 5.41) is 21.8. The van der Waals surface area contributed by atoms with E-state index in [1.54, 1.807) is 30.3 Å². The Bertz CT molecular complexity index is 1040. The van der Waals surface area contributed by atoms with Gasteiger partial charge < -0.3 is 16.2 Å². The minimum atomic E-state index is -1.08. The molecule has 0 radical (unpaired) electrons. The molecular formula is C20H15Cl2N3O3. The van der Waals surface area contributed by atoms with Crippen LogP contribution in [0.2, 0.25) is 10.0 Å². The lowest BCUT2D eigenvalue weighted by atomic mass is 9.85. The number of primary amides is 1. The van der Waals surface area contributed by atoms with Crippen LogP contribution in [0.15, 0.2) is 36.4 Å². The average molecular weight is 416 g/mol. The van der Waals surface area contributed by atoms with Gasteiger partial charge >= 0.3 is 5.97 Å². The molecule has 1 unspecified atom stereocenters. The second kappa shape index (κ2) is 7.93. The highest BCUT2D eigenvalue weighted by molar-refractivity contribution is 6.38. The smallest absolute Gasteiger partial charge is 0.326 e. The van der Waals surface area contributed by atoms with E-state index in [0.717, 1.165) is 5.56 Å². The van der Waals surface area contributed by atoms with Crippen LogP contribution in [0.3, 0.4) is 0 Å². The van der Waals surface area contributed by atoms with Gasteiger partial charge in [-0.1, -0.05) is 47.5 Å². The number of carboxylic acids is 1. The van der Waals surface area contributed by atoms with Crippen molar-refractivity contribution in [1.29, 1.82) is 5.26 Å². The van der Waals surface area contributed by atoms with Crippen molar-refractivity contribution in [3.63, 3.8) is 0 Å². The van der Waals surface area contributed by atoms with Gasteiger partial charge in [-0.15, -0.1) is 0 Å². The normalized spacial score (nSPS) is 17.1. The second-order valence-corrected chi connectivity index (χ2v) is 7.14. The summed E-state index contributed by atoms with van der Waals surface area (Å²) in [6, 6.07) is 11.0. The van der Waals surface area contributed by atoms with Crippen molar-refractivity contribution in [2.45, 2.75) is 18.9 Å². The summed E-state index contributed by atoms with van der Waals surface area (Å²) >= 11 is 12.4. The first-order valence-corrected chi connectivity index (χ1v) is 9.05. The van der Waals surface area contributed by atoms with Gasteiger partial charge in [-0.05, 0) is 28.8 Å². The summed E-state index contributed by atoms with van der Waals surface area (Å²) in [6.45, 7) is 0. The molecule has 4 N–H and O–H groups in total. The Morgan fingerprint density at radius 2 is 1.93 bits per heavy atom. The Hall–Kier alpha value is -3.01. The number of fused-ring (bicyclic) bond motifs is 1. The van der Waals surface area contributed by atoms with Crippen molar-refractivity contribution in [1.82, 2.24) is 0 Å². The Morgan fingerprint density at radius 1 is 1.25 bits per heavy atom. The van der Waals surface area contributed by atoms with Crippen molar-refractivity contribution in [2.24, 2.45) is 5.73 Å². The quantitative estimate of drug-likeness (QED) is 0.657. The highest BCUT2D eigenvalue weighted by Gasteiger charge is 2.32. The minimum absolute atomic E-state index is 0.0158. The summed E-state index contributed by atoms with van der Waals surface area (Å²) in [5.74, 6) is -1.78. The lowest BCUT2D eigenvalue weighted by Gasteiger charge is -2.29. The molecule has 1 aliphatic rings. The molecule has 6 nitrogen and oxygen atoms in total. The maximum atomic E-state index is 12.3. The summed E-state index contributed by atoms with van der Waals surface area (Å²) in [6.07, 6.45) is 0.253. The Morgan fingerprint density at radius 3 is 2.50 bits per heavy atom. The van der Waals surface area contributed by atoms with Gasteiger partial charge in [-0.3, -0.25) is 4.79 Å². The molecule has 1 amide bonds. The van der Waals surface area contributed by atoms with E-state index >= 15 is 0 Å². The predicted octanol–water partition coefficient (Wildman–Crippen LogP) is 3.72. The lowest BCUT2D eigenvalue weighted by Crippen LogP contribution is -2.33. The number of carbonyl (C=O) groups excluding carboxylic acids is 1. The number of amides is 1. The van der Waals surface area contributed by atoms with Gasteiger partial charge in [0.1, 0.15) is 6.04 Å². The monoisotopic (exact) mass is 415 g/mol. The van der Waals surface area contributed by atoms with Crippen LogP contribution in [0.4, 0.5) is 5.69 Å². The largest absolute Gasteiger partial charge is 0.480 e. The molecule has 0 saturated carbocycles.